The SMILES string of the molecule is CCNS(=O)(=O)c1ccc(C)c(C(=O)OC(C)C(=O)NCCc2ccc(OC)cc2)c1. The summed E-state index contributed by atoms with van der Waals surface area (Å²) in [5.41, 5.74) is 1.67. The highest BCUT2D eigenvalue weighted by atomic mass is 32.2. The Kier molecular flexibility index (Phi) is 8.58. The summed E-state index contributed by atoms with van der Waals surface area (Å²) in [6.07, 6.45) is -0.420. The first-order valence-electron chi connectivity index (χ1n) is 9.90. The van der Waals surface area contributed by atoms with Crippen LogP contribution in [0, 0.1) is 6.92 Å². The second kappa shape index (κ2) is 10.9. The van der Waals surface area contributed by atoms with Crippen molar-refractivity contribution in [3.63, 3.8) is 0 Å². The lowest BCUT2D eigenvalue weighted by Gasteiger charge is -2.15. The molecule has 31 heavy (non-hydrogen) atoms. The third-order valence-electron chi connectivity index (χ3n) is 4.60. The molecule has 0 fully saturated rings. The zero-order valence-corrected chi connectivity index (χ0v) is 18.9. The summed E-state index contributed by atoms with van der Waals surface area (Å²) in [5, 5.41) is 2.73. The number of rotatable bonds is 10. The lowest BCUT2D eigenvalue weighted by molar-refractivity contribution is -0.129. The number of esters is 1. The van der Waals surface area contributed by atoms with Gasteiger partial charge in [0.25, 0.3) is 5.91 Å². The number of hydrogen-bond donors (Lipinski definition) is 2. The minimum atomic E-state index is -3.72. The number of benzene rings is 2. The van der Waals surface area contributed by atoms with Gasteiger partial charge in [-0.2, -0.15) is 0 Å². The number of sulfonamides is 1. The molecule has 0 bridgehead atoms. The average Bonchev–Trinajstić information content (AvgIpc) is 2.74. The Morgan fingerprint density at radius 1 is 1.10 bits per heavy atom. The summed E-state index contributed by atoms with van der Waals surface area (Å²) in [6.45, 7) is 5.40. The molecule has 0 heterocycles. The molecule has 0 aliphatic rings. The first-order chi connectivity index (χ1) is 14.7. The van der Waals surface area contributed by atoms with Crippen LogP contribution in [0.2, 0.25) is 0 Å². The molecule has 2 rings (SSSR count). The van der Waals surface area contributed by atoms with E-state index in [0.29, 0.717) is 18.5 Å². The molecule has 0 spiro atoms. The van der Waals surface area contributed by atoms with E-state index in [-0.39, 0.29) is 17.0 Å². The number of carbonyl (C=O) groups is 2. The predicted octanol–water partition coefficient (Wildman–Crippen LogP) is 2.21. The Morgan fingerprint density at radius 3 is 2.39 bits per heavy atom. The molecule has 0 radical (unpaired) electrons. The fourth-order valence-electron chi connectivity index (χ4n) is 2.81. The van der Waals surface area contributed by atoms with Gasteiger partial charge in [0, 0.05) is 13.1 Å². The van der Waals surface area contributed by atoms with Crippen molar-refractivity contribution in [3.8, 4) is 5.75 Å². The molecule has 1 unspecified atom stereocenters. The fraction of sp³-hybridized carbons (Fsp3) is 0.364. The summed E-state index contributed by atoms with van der Waals surface area (Å²) in [6, 6.07) is 11.7. The van der Waals surface area contributed by atoms with Crippen molar-refractivity contribution in [2.75, 3.05) is 20.2 Å². The van der Waals surface area contributed by atoms with Gasteiger partial charge in [0.05, 0.1) is 17.6 Å². The number of ether oxygens (including phenoxy) is 2. The molecule has 2 aromatic rings. The van der Waals surface area contributed by atoms with Crippen LogP contribution in [0.3, 0.4) is 0 Å². The van der Waals surface area contributed by atoms with Gasteiger partial charge in [-0.25, -0.2) is 17.9 Å². The Morgan fingerprint density at radius 2 is 1.77 bits per heavy atom. The van der Waals surface area contributed by atoms with Crippen LogP contribution in [0.5, 0.6) is 5.75 Å². The smallest absolute Gasteiger partial charge is 0.339 e. The number of methoxy groups -OCH3 is 1. The minimum Gasteiger partial charge on any atom is -0.497 e. The van der Waals surface area contributed by atoms with Crippen molar-refractivity contribution in [2.45, 2.75) is 38.2 Å². The third-order valence-corrected chi connectivity index (χ3v) is 6.14. The monoisotopic (exact) mass is 448 g/mol. The highest BCUT2D eigenvalue weighted by Gasteiger charge is 2.22. The van der Waals surface area contributed by atoms with Crippen molar-refractivity contribution >= 4 is 21.9 Å². The van der Waals surface area contributed by atoms with Crippen molar-refractivity contribution in [3.05, 3.63) is 59.2 Å². The molecule has 0 saturated heterocycles. The summed E-state index contributed by atoms with van der Waals surface area (Å²) in [5.74, 6) is -0.439. The fourth-order valence-corrected chi connectivity index (χ4v) is 3.87. The zero-order valence-electron chi connectivity index (χ0n) is 18.1. The molecule has 0 aliphatic carbocycles. The summed E-state index contributed by atoms with van der Waals surface area (Å²) in [4.78, 5) is 24.8. The predicted molar refractivity (Wildman–Crippen MR) is 117 cm³/mol. The van der Waals surface area contributed by atoms with Gasteiger partial charge in [0.15, 0.2) is 6.10 Å². The molecule has 8 nitrogen and oxygen atoms in total. The normalized spacial score (nSPS) is 12.1. The summed E-state index contributed by atoms with van der Waals surface area (Å²) >= 11 is 0. The van der Waals surface area contributed by atoms with Gasteiger partial charge in [-0.1, -0.05) is 25.1 Å². The van der Waals surface area contributed by atoms with Crippen molar-refractivity contribution in [1.29, 1.82) is 0 Å². The lowest BCUT2D eigenvalue weighted by atomic mass is 10.1. The highest BCUT2D eigenvalue weighted by Crippen LogP contribution is 2.17. The Balaban J connectivity index is 1.95. The number of amides is 1. The van der Waals surface area contributed by atoms with Gasteiger partial charge in [0.1, 0.15) is 5.75 Å². The van der Waals surface area contributed by atoms with Crippen molar-refractivity contribution in [2.24, 2.45) is 0 Å². The molecule has 0 aliphatic heterocycles. The van der Waals surface area contributed by atoms with E-state index in [0.717, 1.165) is 11.3 Å². The summed E-state index contributed by atoms with van der Waals surface area (Å²) < 4.78 is 37.1. The van der Waals surface area contributed by atoms with Crippen LogP contribution < -0.4 is 14.8 Å². The minimum absolute atomic E-state index is 0.0384. The molecular formula is C22H28N2O6S. The number of carbonyl (C=O) groups excluding carboxylic acids is 2. The molecule has 2 N–H and O–H groups in total. The molecule has 1 amide bonds. The Hall–Kier alpha value is -2.91. The molecule has 1 atom stereocenters. The van der Waals surface area contributed by atoms with E-state index < -0.39 is 28.0 Å². The van der Waals surface area contributed by atoms with Gasteiger partial charge in [-0.05, 0) is 55.7 Å². The molecular weight excluding hydrogens is 420 g/mol. The van der Waals surface area contributed by atoms with Gasteiger partial charge >= 0.3 is 5.97 Å². The van der Waals surface area contributed by atoms with E-state index in [1.54, 1.807) is 21.0 Å². The van der Waals surface area contributed by atoms with Crippen molar-refractivity contribution in [1.82, 2.24) is 10.0 Å². The van der Waals surface area contributed by atoms with E-state index in [9.17, 15) is 18.0 Å². The second-order valence-corrected chi connectivity index (χ2v) is 8.68. The molecule has 9 heteroatoms. The van der Waals surface area contributed by atoms with Crippen LogP contribution in [-0.2, 0) is 26.0 Å². The standard InChI is InChI=1S/C22H28N2O6S/c1-5-24-31(27,28)19-11-6-15(2)20(14-19)22(26)30-16(3)21(25)23-13-12-17-7-9-18(29-4)10-8-17/h6-11,14,16,24H,5,12-13H2,1-4H3,(H,23,25). The lowest BCUT2D eigenvalue weighted by Crippen LogP contribution is -2.37. The van der Waals surface area contributed by atoms with Gasteiger partial charge in [0.2, 0.25) is 10.0 Å². The van der Waals surface area contributed by atoms with Crippen LogP contribution >= 0.6 is 0 Å². The van der Waals surface area contributed by atoms with Gasteiger partial charge < -0.3 is 14.8 Å². The van der Waals surface area contributed by atoms with Gasteiger partial charge in [-0.3, -0.25) is 4.79 Å². The zero-order chi connectivity index (χ0) is 23.0. The van der Waals surface area contributed by atoms with E-state index in [4.69, 9.17) is 9.47 Å². The van der Waals surface area contributed by atoms with E-state index >= 15 is 0 Å². The quantitative estimate of drug-likeness (QED) is 0.539. The summed E-state index contributed by atoms with van der Waals surface area (Å²) in [7, 11) is -2.12. The van der Waals surface area contributed by atoms with Crippen LogP contribution in [-0.4, -0.2) is 46.6 Å². The van der Waals surface area contributed by atoms with Crippen LogP contribution in [0.15, 0.2) is 47.4 Å². The Labute approximate surface area is 183 Å². The molecule has 0 saturated carbocycles. The Bertz CT molecular complexity index is 1020. The van der Waals surface area contributed by atoms with E-state index in [2.05, 4.69) is 10.0 Å². The van der Waals surface area contributed by atoms with Crippen molar-refractivity contribution < 1.29 is 27.5 Å². The van der Waals surface area contributed by atoms with E-state index in [1.165, 1.54) is 25.1 Å². The van der Waals surface area contributed by atoms with Crippen LogP contribution in [0.4, 0.5) is 0 Å². The number of nitrogens with one attached hydrogen (secondary N) is 2. The van der Waals surface area contributed by atoms with Crippen LogP contribution in [0.25, 0.3) is 0 Å². The number of aryl methyl sites for hydroxylation is 1. The maximum absolute atomic E-state index is 12.5. The third kappa shape index (κ3) is 6.80. The topological polar surface area (TPSA) is 111 Å². The maximum Gasteiger partial charge on any atom is 0.339 e. The first kappa shape index (κ1) is 24.4. The maximum atomic E-state index is 12.5. The number of hydrogen-bond acceptors (Lipinski definition) is 6. The average molecular weight is 449 g/mol. The first-order valence-corrected chi connectivity index (χ1v) is 11.4. The second-order valence-electron chi connectivity index (χ2n) is 6.91. The largest absolute Gasteiger partial charge is 0.497 e. The molecule has 0 aromatic heterocycles. The van der Waals surface area contributed by atoms with Gasteiger partial charge in [-0.15, -0.1) is 0 Å². The molecule has 168 valence electrons. The van der Waals surface area contributed by atoms with E-state index in [1.807, 2.05) is 24.3 Å². The van der Waals surface area contributed by atoms with Crippen LogP contribution in [0.1, 0.15) is 35.3 Å². The molecule has 2 aromatic carbocycles. The highest BCUT2D eigenvalue weighted by molar-refractivity contribution is 7.89.